The summed E-state index contributed by atoms with van der Waals surface area (Å²) in [5.74, 6) is -0.0382. The predicted octanol–water partition coefficient (Wildman–Crippen LogP) is 2.91. The summed E-state index contributed by atoms with van der Waals surface area (Å²) >= 11 is 5.96. The highest BCUT2D eigenvalue weighted by Gasteiger charge is 2.45. The molecule has 1 atom stereocenters. The Morgan fingerprint density at radius 3 is 2.79 bits per heavy atom. The Bertz CT molecular complexity index is 1050. The van der Waals surface area contributed by atoms with Crippen LogP contribution >= 0.6 is 11.6 Å². The molecular formula is C17H14ClF3N6O. The number of hydrogen-bond acceptors (Lipinski definition) is 5. The molecule has 0 fully saturated rings. The number of rotatable bonds is 3. The second-order valence-corrected chi connectivity index (χ2v) is 6.91. The molecule has 0 bridgehead atoms. The number of Topliss-reactive ketones (excluding diaryl/α,β-unsaturated/α-hetero) is 1. The molecule has 1 aliphatic rings. The summed E-state index contributed by atoms with van der Waals surface area (Å²) in [7, 11) is 0. The predicted molar refractivity (Wildman–Crippen MR) is 93.3 cm³/mol. The van der Waals surface area contributed by atoms with Crippen LogP contribution in [0.4, 0.5) is 13.2 Å². The van der Waals surface area contributed by atoms with E-state index < -0.39 is 28.1 Å². The topological polar surface area (TPSA) is 88.5 Å². The normalized spacial score (nSPS) is 19.5. The van der Waals surface area contributed by atoms with E-state index in [2.05, 4.69) is 25.8 Å². The lowest BCUT2D eigenvalue weighted by atomic mass is 9.83. The maximum absolute atomic E-state index is 13.3. The molecule has 11 heteroatoms. The van der Waals surface area contributed by atoms with Gasteiger partial charge in [0.1, 0.15) is 11.2 Å². The van der Waals surface area contributed by atoms with Crippen molar-refractivity contribution in [2.75, 3.05) is 6.54 Å². The van der Waals surface area contributed by atoms with Gasteiger partial charge >= 0.3 is 6.18 Å². The highest BCUT2D eigenvalue weighted by Crippen LogP contribution is 2.39. The third-order valence-electron chi connectivity index (χ3n) is 4.79. The van der Waals surface area contributed by atoms with Crippen LogP contribution in [-0.2, 0) is 18.1 Å². The number of hydrogen-bond donors (Lipinski definition) is 2. The smallest absolute Gasteiger partial charge is 0.299 e. The molecule has 0 saturated carbocycles. The Hall–Kier alpha value is -2.72. The number of benzene rings is 1. The molecule has 146 valence electrons. The molecule has 7 nitrogen and oxygen atoms in total. The lowest BCUT2D eigenvalue weighted by Gasteiger charge is -2.32. The first-order valence-corrected chi connectivity index (χ1v) is 8.71. The summed E-state index contributed by atoms with van der Waals surface area (Å²) in [6.07, 6.45) is -2.58. The van der Waals surface area contributed by atoms with E-state index in [0.29, 0.717) is 30.2 Å². The van der Waals surface area contributed by atoms with Gasteiger partial charge in [-0.1, -0.05) is 22.9 Å². The van der Waals surface area contributed by atoms with E-state index in [0.717, 1.165) is 12.1 Å². The molecule has 28 heavy (non-hydrogen) atoms. The van der Waals surface area contributed by atoms with E-state index in [-0.39, 0.29) is 5.56 Å². The SMILES string of the molecule is CC1(C(=O)c2cccc(C(F)(F)F)c2Cl)NCCc2c1nnn2-c1ccn[nH]1. The van der Waals surface area contributed by atoms with Crippen molar-refractivity contribution in [3.8, 4) is 5.82 Å². The number of H-pyrrole nitrogens is 1. The van der Waals surface area contributed by atoms with Gasteiger partial charge in [0, 0.05) is 24.6 Å². The number of halogens is 4. The van der Waals surface area contributed by atoms with Gasteiger partial charge in [-0.25, -0.2) is 0 Å². The number of ketones is 1. The van der Waals surface area contributed by atoms with Gasteiger partial charge in [0.2, 0.25) is 0 Å². The molecule has 1 aliphatic heterocycles. The summed E-state index contributed by atoms with van der Waals surface area (Å²) in [6.45, 7) is 1.98. The van der Waals surface area contributed by atoms with E-state index >= 15 is 0 Å². The fourth-order valence-electron chi connectivity index (χ4n) is 3.37. The Labute approximate surface area is 161 Å². The Kier molecular flexibility index (Phi) is 4.27. The second-order valence-electron chi connectivity index (χ2n) is 6.53. The molecule has 3 heterocycles. The van der Waals surface area contributed by atoms with Gasteiger partial charge in [0.15, 0.2) is 11.6 Å². The van der Waals surface area contributed by atoms with E-state index in [4.69, 9.17) is 11.6 Å². The molecule has 0 radical (unpaired) electrons. The van der Waals surface area contributed by atoms with Gasteiger partial charge < -0.3 is 0 Å². The summed E-state index contributed by atoms with van der Waals surface area (Å²) in [5.41, 5.74) is -1.65. The van der Waals surface area contributed by atoms with Gasteiger partial charge in [0.05, 0.1) is 22.5 Å². The zero-order valence-electron chi connectivity index (χ0n) is 14.5. The first-order chi connectivity index (χ1) is 13.2. The number of nitrogens with zero attached hydrogens (tertiary/aromatic N) is 4. The van der Waals surface area contributed by atoms with Crippen LogP contribution in [0.25, 0.3) is 5.82 Å². The standard InChI is InChI=1S/C17H14ClF3N6O/c1-16(15(28)9-3-2-4-10(13(9)18)17(19,20)21)14-11(5-7-22-16)27(26-25-14)12-6-8-23-24-12/h2-4,6,8,22H,5,7H2,1H3,(H,23,24). The first-order valence-electron chi connectivity index (χ1n) is 8.34. The largest absolute Gasteiger partial charge is 0.417 e. The molecule has 1 aromatic carbocycles. The Morgan fingerprint density at radius 2 is 2.11 bits per heavy atom. The van der Waals surface area contributed by atoms with Crippen LogP contribution in [-0.4, -0.2) is 37.5 Å². The number of alkyl halides is 3. The molecule has 2 aromatic heterocycles. The van der Waals surface area contributed by atoms with Gasteiger partial charge in [-0.15, -0.1) is 5.10 Å². The van der Waals surface area contributed by atoms with Crippen LogP contribution in [0, 0.1) is 0 Å². The molecule has 0 amide bonds. The highest BCUT2D eigenvalue weighted by atomic mass is 35.5. The van der Waals surface area contributed by atoms with Crippen molar-refractivity contribution in [3.63, 3.8) is 0 Å². The number of carbonyl (C=O) groups excluding carboxylic acids is 1. The zero-order chi connectivity index (χ0) is 20.1. The molecule has 2 N–H and O–H groups in total. The lowest BCUT2D eigenvalue weighted by molar-refractivity contribution is -0.137. The number of nitrogens with one attached hydrogen (secondary N) is 2. The molecule has 0 aliphatic carbocycles. The van der Waals surface area contributed by atoms with Crippen LogP contribution in [0.5, 0.6) is 0 Å². The third kappa shape index (κ3) is 2.80. The molecule has 0 spiro atoms. The lowest BCUT2D eigenvalue weighted by Crippen LogP contribution is -2.51. The maximum atomic E-state index is 13.3. The van der Waals surface area contributed by atoms with Crippen molar-refractivity contribution in [1.82, 2.24) is 30.5 Å². The quantitative estimate of drug-likeness (QED) is 0.648. The summed E-state index contributed by atoms with van der Waals surface area (Å²) in [5, 5.41) is 17.3. The van der Waals surface area contributed by atoms with Crippen LogP contribution < -0.4 is 5.32 Å². The number of fused-ring (bicyclic) bond motifs is 1. The van der Waals surface area contributed by atoms with Crippen molar-refractivity contribution in [2.24, 2.45) is 0 Å². The summed E-state index contributed by atoms with van der Waals surface area (Å²) in [4.78, 5) is 13.3. The molecule has 3 aromatic rings. The van der Waals surface area contributed by atoms with E-state index in [1.54, 1.807) is 19.2 Å². The first kappa shape index (κ1) is 18.6. The van der Waals surface area contributed by atoms with Crippen molar-refractivity contribution >= 4 is 17.4 Å². The Morgan fingerprint density at radius 1 is 1.32 bits per heavy atom. The maximum Gasteiger partial charge on any atom is 0.417 e. The summed E-state index contributed by atoms with van der Waals surface area (Å²) in [6, 6.07) is 4.98. The minimum absolute atomic E-state index is 0.226. The number of aromatic amines is 1. The van der Waals surface area contributed by atoms with Gasteiger partial charge in [-0.05, 0) is 19.1 Å². The van der Waals surface area contributed by atoms with Gasteiger partial charge in [0.25, 0.3) is 0 Å². The van der Waals surface area contributed by atoms with E-state index in [9.17, 15) is 18.0 Å². The highest BCUT2D eigenvalue weighted by molar-refractivity contribution is 6.35. The molecule has 0 saturated heterocycles. The fourth-order valence-corrected chi connectivity index (χ4v) is 3.69. The monoisotopic (exact) mass is 410 g/mol. The summed E-state index contributed by atoms with van der Waals surface area (Å²) < 4.78 is 41.1. The average Bonchev–Trinajstić information content (AvgIpc) is 3.30. The van der Waals surface area contributed by atoms with E-state index in [1.807, 2.05) is 0 Å². The van der Waals surface area contributed by atoms with Crippen molar-refractivity contribution in [2.45, 2.75) is 25.1 Å². The van der Waals surface area contributed by atoms with Crippen molar-refractivity contribution < 1.29 is 18.0 Å². The molecule has 4 rings (SSSR count). The van der Waals surface area contributed by atoms with Crippen molar-refractivity contribution in [3.05, 3.63) is 58.0 Å². The molecular weight excluding hydrogens is 397 g/mol. The number of carbonyl (C=O) groups is 1. The fraction of sp³-hybridized carbons (Fsp3) is 0.294. The van der Waals surface area contributed by atoms with Crippen LogP contribution in [0.2, 0.25) is 5.02 Å². The van der Waals surface area contributed by atoms with Gasteiger partial charge in [-0.2, -0.15) is 23.0 Å². The zero-order valence-corrected chi connectivity index (χ0v) is 15.3. The Balaban J connectivity index is 1.80. The van der Waals surface area contributed by atoms with Crippen LogP contribution in [0.3, 0.4) is 0 Å². The van der Waals surface area contributed by atoms with Crippen LogP contribution in [0.15, 0.2) is 30.5 Å². The minimum atomic E-state index is -4.66. The second kappa shape index (κ2) is 6.42. The van der Waals surface area contributed by atoms with Gasteiger partial charge in [-0.3, -0.25) is 15.2 Å². The molecule has 1 unspecified atom stereocenters. The third-order valence-corrected chi connectivity index (χ3v) is 5.20. The van der Waals surface area contributed by atoms with Crippen molar-refractivity contribution in [1.29, 1.82) is 0 Å². The number of aromatic nitrogens is 5. The van der Waals surface area contributed by atoms with E-state index in [1.165, 1.54) is 10.7 Å². The minimum Gasteiger partial charge on any atom is -0.299 e. The average molecular weight is 411 g/mol. The van der Waals surface area contributed by atoms with Crippen LogP contribution in [0.1, 0.15) is 34.2 Å².